The van der Waals surface area contributed by atoms with E-state index >= 15 is 0 Å². The molecule has 2 aromatic rings. The van der Waals surface area contributed by atoms with Gasteiger partial charge in [-0.2, -0.15) is 5.26 Å². The third-order valence-electron chi connectivity index (χ3n) is 5.35. The highest BCUT2D eigenvalue weighted by atomic mass is 35.5. The molecule has 1 N–H and O–H groups in total. The zero-order valence-electron chi connectivity index (χ0n) is 16.1. The van der Waals surface area contributed by atoms with Crippen LogP contribution in [0, 0.1) is 17.1 Å². The Morgan fingerprint density at radius 2 is 2.24 bits per heavy atom. The molecule has 2 heterocycles. The van der Waals surface area contributed by atoms with E-state index in [9.17, 15) is 4.39 Å². The molecule has 0 bridgehead atoms. The predicted octanol–water partition coefficient (Wildman–Crippen LogP) is 3.46. The fourth-order valence-electron chi connectivity index (χ4n) is 4.03. The minimum Gasteiger partial charge on any atom is -0.496 e. The van der Waals surface area contributed by atoms with Crippen LogP contribution in [0.5, 0.6) is 5.75 Å². The second kappa shape index (κ2) is 8.36. The molecule has 0 radical (unpaired) electrons. The molecule has 1 aromatic carbocycles. The predicted molar refractivity (Wildman–Crippen MR) is 110 cm³/mol. The van der Waals surface area contributed by atoms with Crippen molar-refractivity contribution in [1.82, 2.24) is 15.3 Å². The van der Waals surface area contributed by atoms with Crippen LogP contribution in [-0.2, 0) is 6.42 Å². The van der Waals surface area contributed by atoms with Crippen molar-refractivity contribution in [3.05, 3.63) is 46.1 Å². The minimum atomic E-state index is -0.319. The Morgan fingerprint density at radius 1 is 1.38 bits per heavy atom. The first-order valence-electron chi connectivity index (χ1n) is 9.56. The second-order valence-corrected chi connectivity index (χ2v) is 7.46. The number of hydrogen-bond donors (Lipinski definition) is 1. The van der Waals surface area contributed by atoms with Crippen molar-refractivity contribution in [2.24, 2.45) is 0 Å². The topological polar surface area (TPSA) is 74.1 Å². The number of anilines is 1. The van der Waals surface area contributed by atoms with Crippen molar-refractivity contribution < 1.29 is 9.13 Å². The molecule has 4 rings (SSSR count). The van der Waals surface area contributed by atoms with Crippen molar-refractivity contribution in [3.63, 3.8) is 0 Å². The Balaban J connectivity index is 1.73. The van der Waals surface area contributed by atoms with Gasteiger partial charge in [-0.3, -0.25) is 0 Å². The van der Waals surface area contributed by atoms with Gasteiger partial charge in [0.25, 0.3) is 0 Å². The molecule has 0 unspecified atom stereocenters. The molecular formula is C21H21ClFN5O. The Labute approximate surface area is 174 Å². The van der Waals surface area contributed by atoms with E-state index < -0.39 is 0 Å². The number of hydrogen-bond acceptors (Lipinski definition) is 6. The molecule has 1 saturated heterocycles. The van der Waals surface area contributed by atoms with E-state index in [0.717, 1.165) is 30.0 Å². The average molecular weight is 414 g/mol. The number of rotatable bonds is 4. The van der Waals surface area contributed by atoms with Crippen LogP contribution in [-0.4, -0.2) is 42.8 Å². The van der Waals surface area contributed by atoms with E-state index in [0.29, 0.717) is 42.8 Å². The molecule has 1 aliphatic heterocycles. The quantitative estimate of drug-likeness (QED) is 0.774. The smallest absolute Gasteiger partial charge is 0.224 e. The van der Waals surface area contributed by atoms with Crippen LogP contribution in [0.2, 0.25) is 5.28 Å². The maximum Gasteiger partial charge on any atom is 0.224 e. The molecule has 2 aliphatic rings. The maximum atomic E-state index is 14.5. The minimum absolute atomic E-state index is 0.0931. The van der Waals surface area contributed by atoms with Crippen molar-refractivity contribution >= 4 is 29.1 Å². The molecule has 1 aliphatic carbocycles. The fourth-order valence-corrected chi connectivity index (χ4v) is 4.20. The molecule has 150 valence electrons. The number of nitrogens with one attached hydrogen (secondary N) is 1. The normalized spacial score (nSPS) is 18.6. The number of benzene rings is 1. The summed E-state index contributed by atoms with van der Waals surface area (Å²) in [6.07, 6.45) is 3.65. The summed E-state index contributed by atoms with van der Waals surface area (Å²) in [5.74, 6) is 0.989. The second-order valence-electron chi connectivity index (χ2n) is 7.13. The molecule has 8 heteroatoms. The van der Waals surface area contributed by atoms with E-state index in [2.05, 4.69) is 26.3 Å². The van der Waals surface area contributed by atoms with E-state index in [1.54, 1.807) is 12.1 Å². The molecule has 0 amide bonds. The summed E-state index contributed by atoms with van der Waals surface area (Å²) in [5, 5.41) is 12.5. The number of aromatic nitrogens is 2. The summed E-state index contributed by atoms with van der Waals surface area (Å²) in [4.78, 5) is 11.1. The summed E-state index contributed by atoms with van der Waals surface area (Å²) in [7, 11) is 1.54. The highest BCUT2D eigenvalue weighted by Crippen LogP contribution is 2.38. The van der Waals surface area contributed by atoms with Gasteiger partial charge in [-0.25, -0.2) is 14.4 Å². The summed E-state index contributed by atoms with van der Waals surface area (Å²) in [6, 6.07) is 7.13. The highest BCUT2D eigenvalue weighted by molar-refractivity contribution is 6.28. The molecule has 1 fully saturated rings. The Morgan fingerprint density at radius 3 is 3.03 bits per heavy atom. The number of halogens is 2. The van der Waals surface area contributed by atoms with Crippen LogP contribution in [0.1, 0.15) is 29.7 Å². The van der Waals surface area contributed by atoms with Crippen LogP contribution in [0.3, 0.4) is 0 Å². The van der Waals surface area contributed by atoms with Crippen LogP contribution < -0.4 is 15.0 Å². The number of ether oxygens (including phenoxy) is 1. The van der Waals surface area contributed by atoms with Gasteiger partial charge in [0.15, 0.2) is 0 Å². The van der Waals surface area contributed by atoms with Crippen molar-refractivity contribution in [3.8, 4) is 11.8 Å². The molecule has 1 atom stereocenters. The first-order chi connectivity index (χ1) is 14.1. The van der Waals surface area contributed by atoms with Gasteiger partial charge in [-0.1, -0.05) is 6.07 Å². The van der Waals surface area contributed by atoms with Gasteiger partial charge in [0.05, 0.1) is 30.9 Å². The first-order valence-corrected chi connectivity index (χ1v) is 9.93. The number of methoxy groups -OCH3 is 1. The molecule has 0 spiro atoms. The largest absolute Gasteiger partial charge is 0.496 e. The van der Waals surface area contributed by atoms with Gasteiger partial charge in [-0.15, -0.1) is 0 Å². The SMILES string of the molecule is COc1cccc(F)c1C1=Cc2nc(Cl)nc(N3CCN[C@@H](CC#N)C3)c2CC1. The standard InChI is InChI=1S/C21H21ClFN5O/c1-29-18-4-2-3-16(23)19(18)13-5-6-15-17(11-13)26-21(22)27-20(15)28-10-9-25-14(12-28)7-8-24/h2-4,11,14,25H,5-7,9-10,12H2,1H3/t14-/m0/s1. The van der Waals surface area contributed by atoms with Crippen LogP contribution in [0.4, 0.5) is 10.2 Å². The highest BCUT2D eigenvalue weighted by Gasteiger charge is 2.27. The number of allylic oxidation sites excluding steroid dienone is 1. The monoisotopic (exact) mass is 413 g/mol. The van der Waals surface area contributed by atoms with Crippen molar-refractivity contribution in [1.29, 1.82) is 5.26 Å². The van der Waals surface area contributed by atoms with Crippen LogP contribution in [0.25, 0.3) is 11.6 Å². The molecule has 0 saturated carbocycles. The lowest BCUT2D eigenvalue weighted by molar-refractivity contribution is 0.409. The fraction of sp³-hybridized carbons (Fsp3) is 0.381. The number of nitriles is 1. The van der Waals surface area contributed by atoms with Gasteiger partial charge in [0.2, 0.25) is 5.28 Å². The van der Waals surface area contributed by atoms with Crippen molar-refractivity contribution in [2.45, 2.75) is 25.3 Å². The lowest BCUT2D eigenvalue weighted by Gasteiger charge is -2.35. The van der Waals surface area contributed by atoms with Crippen LogP contribution in [0.15, 0.2) is 18.2 Å². The van der Waals surface area contributed by atoms with Gasteiger partial charge < -0.3 is 15.0 Å². The lowest BCUT2D eigenvalue weighted by Crippen LogP contribution is -2.51. The Kier molecular flexibility index (Phi) is 5.65. The number of nitrogens with zero attached hydrogens (tertiary/aromatic N) is 4. The van der Waals surface area contributed by atoms with Gasteiger partial charge in [-0.05, 0) is 48.2 Å². The zero-order chi connectivity index (χ0) is 20.4. The van der Waals surface area contributed by atoms with Crippen molar-refractivity contribution in [2.75, 3.05) is 31.6 Å². The van der Waals surface area contributed by atoms with Crippen LogP contribution >= 0.6 is 11.6 Å². The van der Waals surface area contributed by atoms with E-state index in [1.165, 1.54) is 13.2 Å². The molecule has 1 aromatic heterocycles. The first kappa shape index (κ1) is 19.6. The molecule has 6 nitrogen and oxygen atoms in total. The Bertz CT molecular complexity index is 1000. The third kappa shape index (κ3) is 3.91. The maximum absolute atomic E-state index is 14.5. The lowest BCUT2D eigenvalue weighted by atomic mass is 9.90. The van der Waals surface area contributed by atoms with E-state index in [4.69, 9.17) is 21.6 Å². The molecular weight excluding hydrogens is 393 g/mol. The summed E-state index contributed by atoms with van der Waals surface area (Å²) in [6.45, 7) is 2.24. The summed E-state index contributed by atoms with van der Waals surface area (Å²) in [5.41, 5.74) is 3.01. The van der Waals surface area contributed by atoms with E-state index in [1.807, 2.05) is 6.08 Å². The average Bonchev–Trinajstić information content (AvgIpc) is 2.73. The van der Waals surface area contributed by atoms with E-state index in [-0.39, 0.29) is 17.1 Å². The van der Waals surface area contributed by atoms with Gasteiger partial charge in [0, 0.05) is 31.2 Å². The summed E-state index contributed by atoms with van der Waals surface area (Å²) < 4.78 is 19.9. The van der Waals surface area contributed by atoms with Gasteiger partial charge in [0.1, 0.15) is 17.4 Å². The number of piperazine rings is 1. The number of fused-ring (bicyclic) bond motifs is 1. The Hall–Kier alpha value is -2.69. The molecule has 29 heavy (non-hydrogen) atoms. The van der Waals surface area contributed by atoms with Gasteiger partial charge >= 0.3 is 0 Å². The third-order valence-corrected chi connectivity index (χ3v) is 5.52. The zero-order valence-corrected chi connectivity index (χ0v) is 16.8. The summed E-state index contributed by atoms with van der Waals surface area (Å²) >= 11 is 6.24.